The van der Waals surface area contributed by atoms with Gasteiger partial charge in [-0.25, -0.2) is 4.68 Å². The van der Waals surface area contributed by atoms with Crippen LogP contribution in [-0.4, -0.2) is 20.7 Å². The van der Waals surface area contributed by atoms with Crippen molar-refractivity contribution in [3.8, 4) is 16.9 Å². The number of carbonyl (C=O) groups is 1. The Morgan fingerprint density at radius 2 is 1.83 bits per heavy atom. The molecule has 1 N–H and O–H groups in total. The van der Waals surface area contributed by atoms with E-state index in [0.717, 1.165) is 29.8 Å². The molecule has 142 valence electrons. The summed E-state index contributed by atoms with van der Waals surface area (Å²) in [6.07, 6.45) is 8.60. The molecule has 4 aromatic rings. The highest BCUT2D eigenvalue weighted by atomic mass is 16.1. The highest BCUT2D eigenvalue weighted by Crippen LogP contribution is 2.27. The molecular weight excluding hydrogens is 360 g/mol. The van der Waals surface area contributed by atoms with Gasteiger partial charge in [0.1, 0.15) is 5.69 Å². The van der Waals surface area contributed by atoms with Gasteiger partial charge in [0, 0.05) is 29.8 Å². The Balaban J connectivity index is 1.52. The first kappa shape index (κ1) is 17.4. The fourth-order valence-electron chi connectivity index (χ4n) is 3.82. The molecule has 0 saturated heterocycles. The first-order valence-corrected chi connectivity index (χ1v) is 9.76. The molecule has 5 heteroatoms. The lowest BCUT2D eigenvalue weighted by Gasteiger charge is -2.07. The van der Waals surface area contributed by atoms with E-state index >= 15 is 0 Å². The van der Waals surface area contributed by atoms with Gasteiger partial charge >= 0.3 is 0 Å². The summed E-state index contributed by atoms with van der Waals surface area (Å²) in [5.41, 5.74) is 6.37. The van der Waals surface area contributed by atoms with Gasteiger partial charge in [0.05, 0.1) is 11.3 Å². The maximum atomic E-state index is 13.2. The SMILES string of the molecule is O=C(Nc1ccc2c(c1)CCC2)c1cn(-c2ccccc2)nc1-c1cccnc1. The third-order valence-corrected chi connectivity index (χ3v) is 5.27. The summed E-state index contributed by atoms with van der Waals surface area (Å²) in [5, 5.41) is 7.74. The van der Waals surface area contributed by atoms with Crippen LogP contribution < -0.4 is 5.32 Å². The van der Waals surface area contributed by atoms with Gasteiger partial charge in [0.2, 0.25) is 0 Å². The Labute approximate surface area is 169 Å². The summed E-state index contributed by atoms with van der Waals surface area (Å²) in [5.74, 6) is -0.177. The smallest absolute Gasteiger partial charge is 0.259 e. The number of amides is 1. The zero-order valence-corrected chi connectivity index (χ0v) is 15.9. The van der Waals surface area contributed by atoms with E-state index in [1.54, 1.807) is 23.3 Å². The fourth-order valence-corrected chi connectivity index (χ4v) is 3.82. The molecule has 5 nitrogen and oxygen atoms in total. The minimum absolute atomic E-state index is 0.177. The molecule has 2 aromatic heterocycles. The normalized spacial score (nSPS) is 12.6. The highest BCUT2D eigenvalue weighted by Gasteiger charge is 2.20. The maximum Gasteiger partial charge on any atom is 0.259 e. The van der Waals surface area contributed by atoms with Crippen LogP contribution in [0, 0.1) is 0 Å². The number of aromatic nitrogens is 3. The Morgan fingerprint density at radius 3 is 2.66 bits per heavy atom. The van der Waals surface area contributed by atoms with Crippen LogP contribution in [0.4, 0.5) is 5.69 Å². The van der Waals surface area contributed by atoms with Crippen molar-refractivity contribution in [2.24, 2.45) is 0 Å². The molecule has 1 aliphatic rings. The maximum absolute atomic E-state index is 13.2. The fraction of sp³-hybridized carbons (Fsp3) is 0.125. The molecule has 0 fully saturated rings. The lowest BCUT2D eigenvalue weighted by atomic mass is 10.1. The molecule has 29 heavy (non-hydrogen) atoms. The van der Waals surface area contributed by atoms with E-state index in [1.807, 2.05) is 48.5 Å². The summed E-state index contributed by atoms with van der Waals surface area (Å²) in [6.45, 7) is 0. The lowest BCUT2D eigenvalue weighted by Crippen LogP contribution is -2.12. The zero-order valence-electron chi connectivity index (χ0n) is 15.9. The summed E-state index contributed by atoms with van der Waals surface area (Å²) >= 11 is 0. The molecule has 2 aromatic carbocycles. The van der Waals surface area contributed by atoms with E-state index in [4.69, 9.17) is 0 Å². The van der Waals surface area contributed by atoms with E-state index in [0.29, 0.717) is 11.3 Å². The van der Waals surface area contributed by atoms with Crippen LogP contribution in [0.2, 0.25) is 0 Å². The average molecular weight is 380 g/mol. The van der Waals surface area contributed by atoms with Crippen LogP contribution in [0.5, 0.6) is 0 Å². The van der Waals surface area contributed by atoms with Gasteiger partial charge in [-0.2, -0.15) is 5.10 Å². The van der Waals surface area contributed by atoms with Crippen molar-refractivity contribution < 1.29 is 4.79 Å². The second-order valence-corrected chi connectivity index (χ2v) is 7.20. The minimum Gasteiger partial charge on any atom is -0.322 e. The van der Waals surface area contributed by atoms with Crippen LogP contribution in [0.1, 0.15) is 27.9 Å². The van der Waals surface area contributed by atoms with Crippen molar-refractivity contribution in [3.63, 3.8) is 0 Å². The van der Waals surface area contributed by atoms with Crippen LogP contribution >= 0.6 is 0 Å². The highest BCUT2D eigenvalue weighted by molar-refractivity contribution is 6.08. The Morgan fingerprint density at radius 1 is 0.966 bits per heavy atom. The summed E-state index contributed by atoms with van der Waals surface area (Å²) in [6, 6.07) is 19.7. The van der Waals surface area contributed by atoms with Gasteiger partial charge < -0.3 is 5.32 Å². The van der Waals surface area contributed by atoms with Crippen molar-refractivity contribution in [2.45, 2.75) is 19.3 Å². The molecule has 0 saturated carbocycles. The Hall–Kier alpha value is -3.73. The number of hydrogen-bond acceptors (Lipinski definition) is 3. The first-order valence-electron chi connectivity index (χ1n) is 9.76. The van der Waals surface area contributed by atoms with E-state index in [1.165, 1.54) is 17.5 Å². The molecule has 0 atom stereocenters. The second-order valence-electron chi connectivity index (χ2n) is 7.20. The van der Waals surface area contributed by atoms with Gasteiger partial charge in [0.15, 0.2) is 0 Å². The minimum atomic E-state index is -0.177. The quantitative estimate of drug-likeness (QED) is 0.559. The number of fused-ring (bicyclic) bond motifs is 1. The Bertz CT molecular complexity index is 1170. The van der Waals surface area contributed by atoms with Crippen LogP contribution in [-0.2, 0) is 12.8 Å². The van der Waals surface area contributed by atoms with Gasteiger partial charge in [-0.05, 0) is 66.8 Å². The molecular formula is C24H20N4O. The standard InChI is InChI=1S/C24H20N4O/c29-24(26-20-12-11-17-6-4-7-18(17)14-20)22-16-28(21-9-2-1-3-10-21)27-23(22)19-8-5-13-25-15-19/h1-3,5,8-16H,4,6-7H2,(H,26,29). The molecule has 0 spiro atoms. The Kier molecular flexibility index (Phi) is 4.41. The van der Waals surface area contributed by atoms with Gasteiger partial charge in [-0.15, -0.1) is 0 Å². The molecule has 1 aliphatic carbocycles. The monoisotopic (exact) mass is 380 g/mol. The number of pyridine rings is 1. The van der Waals surface area contributed by atoms with Gasteiger partial charge in [-0.3, -0.25) is 9.78 Å². The predicted octanol–water partition coefficient (Wildman–Crippen LogP) is 4.68. The molecule has 0 radical (unpaired) electrons. The molecule has 5 rings (SSSR count). The number of aryl methyl sites for hydroxylation is 2. The lowest BCUT2D eigenvalue weighted by molar-refractivity contribution is 0.102. The van der Waals surface area contributed by atoms with Crippen LogP contribution in [0.25, 0.3) is 16.9 Å². The van der Waals surface area contributed by atoms with E-state index in [2.05, 4.69) is 27.5 Å². The number of nitrogens with one attached hydrogen (secondary N) is 1. The number of rotatable bonds is 4. The number of hydrogen-bond donors (Lipinski definition) is 1. The van der Waals surface area contributed by atoms with E-state index in [-0.39, 0.29) is 5.91 Å². The second kappa shape index (κ2) is 7.36. The van der Waals surface area contributed by atoms with Crippen molar-refractivity contribution in [1.82, 2.24) is 14.8 Å². The third kappa shape index (κ3) is 3.43. The summed E-state index contributed by atoms with van der Waals surface area (Å²) in [4.78, 5) is 17.4. The van der Waals surface area contributed by atoms with Crippen molar-refractivity contribution >= 4 is 11.6 Å². The molecule has 2 heterocycles. The third-order valence-electron chi connectivity index (χ3n) is 5.27. The van der Waals surface area contributed by atoms with E-state index < -0.39 is 0 Å². The van der Waals surface area contributed by atoms with Gasteiger partial charge in [-0.1, -0.05) is 24.3 Å². The zero-order chi connectivity index (χ0) is 19.6. The van der Waals surface area contributed by atoms with E-state index in [9.17, 15) is 4.79 Å². The molecule has 0 aliphatic heterocycles. The molecule has 0 bridgehead atoms. The van der Waals surface area contributed by atoms with Crippen molar-refractivity contribution in [1.29, 1.82) is 0 Å². The number of carbonyl (C=O) groups excluding carboxylic acids is 1. The number of nitrogens with zero attached hydrogens (tertiary/aromatic N) is 3. The molecule has 1 amide bonds. The first-order chi connectivity index (χ1) is 14.3. The number of para-hydroxylation sites is 1. The summed E-state index contributed by atoms with van der Waals surface area (Å²) < 4.78 is 1.74. The number of benzene rings is 2. The largest absolute Gasteiger partial charge is 0.322 e. The molecule has 0 unspecified atom stereocenters. The topological polar surface area (TPSA) is 59.8 Å². The van der Waals surface area contributed by atoms with Crippen molar-refractivity contribution in [2.75, 3.05) is 5.32 Å². The van der Waals surface area contributed by atoms with Gasteiger partial charge in [0.25, 0.3) is 5.91 Å². The van der Waals surface area contributed by atoms with Crippen LogP contribution in [0.15, 0.2) is 79.3 Å². The average Bonchev–Trinajstić information content (AvgIpc) is 3.42. The van der Waals surface area contributed by atoms with Crippen molar-refractivity contribution in [3.05, 3.63) is 95.9 Å². The predicted molar refractivity (Wildman–Crippen MR) is 113 cm³/mol. The van der Waals surface area contributed by atoms with Crippen LogP contribution in [0.3, 0.4) is 0 Å². The number of anilines is 1. The summed E-state index contributed by atoms with van der Waals surface area (Å²) in [7, 11) is 0.